The minimum atomic E-state index is -0.652. The maximum absolute atomic E-state index is 12.2. The number of hydrogen-bond donors (Lipinski definition) is 2. The first-order valence-electron chi connectivity index (χ1n) is 8.08. The zero-order chi connectivity index (χ0) is 16.8. The number of nitrogens with one attached hydrogen (secondary N) is 1. The molecule has 1 aliphatic rings. The molecule has 1 aliphatic heterocycles. The van der Waals surface area contributed by atoms with E-state index in [1.807, 2.05) is 11.9 Å². The van der Waals surface area contributed by atoms with Gasteiger partial charge in [-0.15, -0.1) is 6.58 Å². The molecule has 0 unspecified atom stereocenters. The van der Waals surface area contributed by atoms with Crippen LogP contribution in [0.4, 0.5) is 0 Å². The van der Waals surface area contributed by atoms with Gasteiger partial charge in [0, 0.05) is 19.6 Å². The number of rotatable bonds is 5. The van der Waals surface area contributed by atoms with Gasteiger partial charge >= 0.3 is 5.69 Å². The van der Waals surface area contributed by atoms with Crippen LogP contribution in [0, 0.1) is 0 Å². The quantitative estimate of drug-likeness (QED) is 0.634. The number of nitrogens with zero attached hydrogens (tertiary/aromatic N) is 3. The van der Waals surface area contributed by atoms with Crippen molar-refractivity contribution in [3.8, 4) is 5.88 Å². The van der Waals surface area contributed by atoms with Crippen LogP contribution in [0.3, 0.4) is 0 Å². The highest BCUT2D eigenvalue weighted by Gasteiger charge is 2.19. The van der Waals surface area contributed by atoms with Gasteiger partial charge < -0.3 is 5.11 Å². The summed E-state index contributed by atoms with van der Waals surface area (Å²) >= 11 is 0. The molecule has 0 aliphatic carbocycles. The van der Waals surface area contributed by atoms with Crippen LogP contribution in [0.25, 0.3) is 0 Å². The molecule has 7 nitrogen and oxygen atoms in total. The standard InChI is InChI=1S/C16H24N4O3/c1-3-9-20-15(22)13(14(21)17-16(20)23)12(4-2)18-19-10-7-5-6-8-11-19/h3,22H,1,4-11H2,2H3,(H,17,21,23). The first-order valence-corrected chi connectivity index (χ1v) is 8.08. The van der Waals surface area contributed by atoms with Crippen molar-refractivity contribution < 1.29 is 5.11 Å². The highest BCUT2D eigenvalue weighted by atomic mass is 16.3. The molecular formula is C16H24N4O3. The van der Waals surface area contributed by atoms with Crippen LogP contribution < -0.4 is 11.2 Å². The van der Waals surface area contributed by atoms with E-state index in [0.29, 0.717) is 12.1 Å². The molecule has 1 aromatic heterocycles. The van der Waals surface area contributed by atoms with E-state index in [1.54, 1.807) is 0 Å². The lowest BCUT2D eigenvalue weighted by Crippen LogP contribution is -2.34. The molecule has 2 heterocycles. The van der Waals surface area contributed by atoms with Crippen LogP contribution in [0.1, 0.15) is 44.6 Å². The Morgan fingerprint density at radius 3 is 2.52 bits per heavy atom. The molecule has 1 fully saturated rings. The molecular weight excluding hydrogens is 296 g/mol. The van der Waals surface area contributed by atoms with Gasteiger partial charge in [0.05, 0.1) is 5.71 Å². The van der Waals surface area contributed by atoms with E-state index in [0.717, 1.165) is 30.5 Å². The molecule has 0 saturated carbocycles. The van der Waals surface area contributed by atoms with Gasteiger partial charge in [-0.25, -0.2) is 4.79 Å². The SMILES string of the molecule is C=CCn1c(O)c(C(CC)=NN2CCCCCC2)c(=O)[nH]c1=O. The van der Waals surface area contributed by atoms with Crippen LogP contribution in [-0.2, 0) is 6.54 Å². The fourth-order valence-electron chi connectivity index (χ4n) is 2.74. The lowest BCUT2D eigenvalue weighted by atomic mass is 10.1. The summed E-state index contributed by atoms with van der Waals surface area (Å²) in [7, 11) is 0. The van der Waals surface area contributed by atoms with Crippen molar-refractivity contribution in [1.82, 2.24) is 14.6 Å². The van der Waals surface area contributed by atoms with Crippen LogP contribution in [0.15, 0.2) is 27.3 Å². The van der Waals surface area contributed by atoms with E-state index in [9.17, 15) is 14.7 Å². The normalized spacial score (nSPS) is 16.2. The second-order valence-electron chi connectivity index (χ2n) is 5.63. The minimum absolute atomic E-state index is 0.0678. The number of allylic oxidation sites excluding steroid dienone is 1. The molecule has 0 spiro atoms. The molecule has 1 aromatic rings. The van der Waals surface area contributed by atoms with Crippen LogP contribution in [0.2, 0.25) is 0 Å². The maximum atomic E-state index is 12.2. The lowest BCUT2D eigenvalue weighted by molar-refractivity contribution is 0.300. The summed E-state index contributed by atoms with van der Waals surface area (Å²) in [5.74, 6) is -0.353. The predicted molar refractivity (Wildman–Crippen MR) is 90.1 cm³/mol. The summed E-state index contributed by atoms with van der Waals surface area (Å²) in [5, 5.41) is 16.9. The summed E-state index contributed by atoms with van der Waals surface area (Å²) in [5.41, 5.74) is -0.703. The second kappa shape index (κ2) is 7.80. The summed E-state index contributed by atoms with van der Waals surface area (Å²) in [4.78, 5) is 26.2. The zero-order valence-corrected chi connectivity index (χ0v) is 13.5. The molecule has 126 valence electrons. The van der Waals surface area contributed by atoms with Crippen molar-refractivity contribution >= 4 is 5.71 Å². The second-order valence-corrected chi connectivity index (χ2v) is 5.63. The third kappa shape index (κ3) is 3.91. The summed E-state index contributed by atoms with van der Waals surface area (Å²) < 4.78 is 1.08. The number of H-pyrrole nitrogens is 1. The highest BCUT2D eigenvalue weighted by molar-refractivity contribution is 6.01. The topological polar surface area (TPSA) is 90.7 Å². The zero-order valence-electron chi connectivity index (χ0n) is 13.5. The largest absolute Gasteiger partial charge is 0.494 e. The van der Waals surface area contributed by atoms with E-state index < -0.39 is 11.2 Å². The number of hydrogen-bond acceptors (Lipinski definition) is 5. The number of aromatic hydroxyl groups is 1. The number of aromatic nitrogens is 2. The molecule has 7 heteroatoms. The molecule has 0 radical (unpaired) electrons. The van der Waals surface area contributed by atoms with Gasteiger partial charge in [-0.3, -0.25) is 19.4 Å². The van der Waals surface area contributed by atoms with E-state index in [-0.39, 0.29) is 18.0 Å². The third-order valence-electron chi connectivity index (χ3n) is 3.95. The van der Waals surface area contributed by atoms with Gasteiger partial charge in [0.1, 0.15) is 5.56 Å². The Morgan fingerprint density at radius 1 is 1.30 bits per heavy atom. The number of hydrazone groups is 1. The van der Waals surface area contributed by atoms with Gasteiger partial charge in [-0.2, -0.15) is 5.10 Å². The molecule has 0 amide bonds. The van der Waals surface area contributed by atoms with Crippen LogP contribution in [0.5, 0.6) is 5.88 Å². The Labute approximate surface area is 135 Å². The predicted octanol–water partition coefficient (Wildman–Crippen LogP) is 1.42. The fourth-order valence-corrected chi connectivity index (χ4v) is 2.74. The third-order valence-corrected chi connectivity index (χ3v) is 3.95. The molecule has 2 rings (SSSR count). The average molecular weight is 320 g/mol. The fraction of sp³-hybridized carbons (Fsp3) is 0.562. The molecule has 1 saturated heterocycles. The van der Waals surface area contributed by atoms with Gasteiger partial charge in [-0.1, -0.05) is 25.8 Å². The Hall–Kier alpha value is -2.31. The monoisotopic (exact) mass is 320 g/mol. The molecule has 0 aromatic carbocycles. The van der Waals surface area contributed by atoms with E-state index in [2.05, 4.69) is 16.7 Å². The summed E-state index contributed by atoms with van der Waals surface area (Å²) in [6.07, 6.45) is 6.48. The van der Waals surface area contributed by atoms with Crippen molar-refractivity contribution in [1.29, 1.82) is 0 Å². The van der Waals surface area contributed by atoms with E-state index in [4.69, 9.17) is 0 Å². The molecule has 0 atom stereocenters. The van der Waals surface area contributed by atoms with E-state index >= 15 is 0 Å². The average Bonchev–Trinajstić information content (AvgIpc) is 2.78. The first-order chi connectivity index (χ1) is 11.1. The van der Waals surface area contributed by atoms with E-state index in [1.165, 1.54) is 18.9 Å². The van der Waals surface area contributed by atoms with Gasteiger partial charge in [0.15, 0.2) is 0 Å². The summed E-state index contributed by atoms with van der Waals surface area (Å²) in [6, 6.07) is 0. The van der Waals surface area contributed by atoms with Crippen molar-refractivity contribution in [2.24, 2.45) is 5.10 Å². The van der Waals surface area contributed by atoms with Crippen molar-refractivity contribution in [3.05, 3.63) is 39.1 Å². The Balaban J connectivity index is 2.48. The molecule has 2 N–H and O–H groups in total. The van der Waals surface area contributed by atoms with Crippen molar-refractivity contribution in [2.75, 3.05) is 13.1 Å². The van der Waals surface area contributed by atoms with Crippen molar-refractivity contribution in [3.63, 3.8) is 0 Å². The Morgan fingerprint density at radius 2 is 1.96 bits per heavy atom. The molecule has 0 bridgehead atoms. The lowest BCUT2D eigenvalue weighted by Gasteiger charge is -2.18. The Bertz CT molecular complexity index is 694. The summed E-state index contributed by atoms with van der Waals surface area (Å²) in [6.45, 7) is 7.24. The first kappa shape index (κ1) is 17.1. The van der Waals surface area contributed by atoms with Gasteiger partial charge in [0.2, 0.25) is 5.88 Å². The van der Waals surface area contributed by atoms with Gasteiger partial charge in [0.25, 0.3) is 5.56 Å². The maximum Gasteiger partial charge on any atom is 0.331 e. The van der Waals surface area contributed by atoms with Crippen LogP contribution in [-0.4, -0.2) is 38.5 Å². The van der Waals surface area contributed by atoms with Gasteiger partial charge in [-0.05, 0) is 19.3 Å². The Kier molecular flexibility index (Phi) is 5.78. The number of aromatic amines is 1. The smallest absolute Gasteiger partial charge is 0.331 e. The van der Waals surface area contributed by atoms with Crippen molar-refractivity contribution in [2.45, 2.75) is 45.6 Å². The minimum Gasteiger partial charge on any atom is -0.494 e. The van der Waals surface area contributed by atoms with Crippen LogP contribution >= 0.6 is 0 Å². The highest BCUT2D eigenvalue weighted by Crippen LogP contribution is 2.16. The molecule has 23 heavy (non-hydrogen) atoms.